The van der Waals surface area contributed by atoms with Crippen LogP contribution in [0.1, 0.15) is 5.56 Å². The lowest BCUT2D eigenvalue weighted by molar-refractivity contribution is -0.153. The molecule has 4 nitrogen and oxygen atoms in total. The average Bonchev–Trinajstić information content (AvgIpc) is 2.38. The predicted molar refractivity (Wildman–Crippen MR) is 63.4 cm³/mol. The van der Waals surface area contributed by atoms with Crippen LogP contribution in [0, 0.1) is 5.82 Å². The quantitative estimate of drug-likeness (QED) is 0.759. The molecule has 1 fully saturated rings. The van der Waals surface area contributed by atoms with Gasteiger partial charge in [0, 0.05) is 13.1 Å². The molecule has 1 heterocycles. The number of esters is 1. The molecule has 1 aliphatic heterocycles. The lowest BCUT2D eigenvalue weighted by atomic mass is 10.1. The molecule has 1 aromatic rings. The zero-order valence-electron chi connectivity index (χ0n) is 10.3. The Bertz CT molecular complexity index is 424. The summed E-state index contributed by atoms with van der Waals surface area (Å²) in [6, 6.07) is 5.97. The van der Waals surface area contributed by atoms with Crippen molar-refractivity contribution >= 4 is 5.97 Å². The smallest absolute Gasteiger partial charge is 0.325 e. The number of hydrogen-bond acceptors (Lipinski definition) is 4. The first-order valence-corrected chi connectivity index (χ1v) is 5.85. The van der Waals surface area contributed by atoms with Crippen LogP contribution in [0.25, 0.3) is 0 Å². The molecular formula is C13H16FNO3. The van der Waals surface area contributed by atoms with Gasteiger partial charge in [-0.15, -0.1) is 0 Å². The van der Waals surface area contributed by atoms with Gasteiger partial charge in [-0.1, -0.05) is 12.1 Å². The van der Waals surface area contributed by atoms with E-state index in [9.17, 15) is 9.18 Å². The standard InChI is InChI=1S/C13H16FNO3/c1-17-13(16)12-9-18-6-5-15(12)8-10-3-2-4-11(14)7-10/h2-4,7,12H,5-6,8-9H2,1H3. The molecule has 18 heavy (non-hydrogen) atoms. The summed E-state index contributed by atoms with van der Waals surface area (Å²) in [5.74, 6) is -0.582. The molecule has 1 aliphatic rings. The van der Waals surface area contributed by atoms with E-state index in [1.54, 1.807) is 6.07 Å². The van der Waals surface area contributed by atoms with Crippen molar-refractivity contribution in [2.24, 2.45) is 0 Å². The Balaban J connectivity index is 2.07. The van der Waals surface area contributed by atoms with Gasteiger partial charge in [0.1, 0.15) is 11.9 Å². The van der Waals surface area contributed by atoms with Gasteiger partial charge in [-0.2, -0.15) is 0 Å². The summed E-state index contributed by atoms with van der Waals surface area (Å²) >= 11 is 0. The Morgan fingerprint density at radius 1 is 1.61 bits per heavy atom. The maximum atomic E-state index is 13.1. The van der Waals surface area contributed by atoms with Gasteiger partial charge in [0.15, 0.2) is 0 Å². The van der Waals surface area contributed by atoms with Gasteiger partial charge >= 0.3 is 5.97 Å². The summed E-state index contributed by atoms with van der Waals surface area (Å²) in [6.45, 7) is 2.04. The number of morpholine rings is 1. The van der Waals surface area contributed by atoms with Crippen LogP contribution in [0.3, 0.4) is 0 Å². The van der Waals surface area contributed by atoms with Gasteiger partial charge < -0.3 is 9.47 Å². The van der Waals surface area contributed by atoms with Crippen LogP contribution in [0.5, 0.6) is 0 Å². The Morgan fingerprint density at radius 3 is 3.17 bits per heavy atom. The first kappa shape index (κ1) is 13.0. The molecule has 0 N–H and O–H groups in total. The summed E-state index contributed by atoms with van der Waals surface area (Å²) in [7, 11) is 1.36. The molecule has 98 valence electrons. The molecule has 0 amide bonds. The fourth-order valence-corrected chi connectivity index (χ4v) is 2.05. The number of nitrogens with zero attached hydrogens (tertiary/aromatic N) is 1. The van der Waals surface area contributed by atoms with Crippen molar-refractivity contribution in [3.05, 3.63) is 35.6 Å². The highest BCUT2D eigenvalue weighted by molar-refractivity contribution is 5.75. The number of carbonyl (C=O) groups excluding carboxylic acids is 1. The minimum atomic E-state index is -0.410. The van der Waals surface area contributed by atoms with Gasteiger partial charge in [0.05, 0.1) is 20.3 Å². The van der Waals surface area contributed by atoms with Crippen LogP contribution in [0.4, 0.5) is 4.39 Å². The van der Waals surface area contributed by atoms with Crippen LogP contribution in [-0.4, -0.2) is 43.8 Å². The number of hydrogen-bond donors (Lipinski definition) is 0. The molecule has 0 spiro atoms. The summed E-state index contributed by atoms with van der Waals surface area (Å²) in [5.41, 5.74) is 0.839. The molecule has 0 aliphatic carbocycles. The largest absolute Gasteiger partial charge is 0.468 e. The summed E-state index contributed by atoms with van der Waals surface area (Å²) in [6.07, 6.45) is 0. The highest BCUT2D eigenvalue weighted by atomic mass is 19.1. The molecule has 1 saturated heterocycles. The predicted octanol–water partition coefficient (Wildman–Crippen LogP) is 1.20. The molecule has 0 bridgehead atoms. The van der Waals surface area contributed by atoms with E-state index >= 15 is 0 Å². The van der Waals surface area contributed by atoms with Crippen molar-refractivity contribution in [3.8, 4) is 0 Å². The van der Waals surface area contributed by atoms with Gasteiger partial charge in [-0.25, -0.2) is 4.39 Å². The summed E-state index contributed by atoms with van der Waals surface area (Å²) < 4.78 is 23.1. The van der Waals surface area contributed by atoms with E-state index in [0.717, 1.165) is 5.56 Å². The Kier molecular flexibility index (Phi) is 4.28. The minimum Gasteiger partial charge on any atom is -0.468 e. The number of benzene rings is 1. The average molecular weight is 253 g/mol. The van der Waals surface area contributed by atoms with E-state index in [1.165, 1.54) is 19.2 Å². The molecule has 1 atom stereocenters. The van der Waals surface area contributed by atoms with E-state index in [0.29, 0.717) is 26.3 Å². The second-order valence-electron chi connectivity index (χ2n) is 4.21. The number of methoxy groups -OCH3 is 1. The highest BCUT2D eigenvalue weighted by Crippen LogP contribution is 2.14. The third kappa shape index (κ3) is 3.05. The molecule has 5 heteroatoms. The molecule has 0 radical (unpaired) electrons. The molecule has 0 aromatic heterocycles. The maximum Gasteiger partial charge on any atom is 0.325 e. The molecule has 1 aromatic carbocycles. The Labute approximate surface area is 105 Å². The van der Waals surface area contributed by atoms with Crippen molar-refractivity contribution in [1.29, 1.82) is 0 Å². The van der Waals surface area contributed by atoms with Gasteiger partial charge in [-0.3, -0.25) is 9.69 Å². The number of carbonyl (C=O) groups is 1. The van der Waals surface area contributed by atoms with Crippen molar-refractivity contribution in [3.63, 3.8) is 0 Å². The van der Waals surface area contributed by atoms with Gasteiger partial charge in [-0.05, 0) is 17.7 Å². The third-order valence-corrected chi connectivity index (χ3v) is 2.99. The van der Waals surface area contributed by atoms with Crippen LogP contribution in [0.15, 0.2) is 24.3 Å². The van der Waals surface area contributed by atoms with Crippen LogP contribution in [-0.2, 0) is 20.8 Å². The van der Waals surface area contributed by atoms with Crippen molar-refractivity contribution in [2.45, 2.75) is 12.6 Å². The SMILES string of the molecule is COC(=O)C1COCCN1Cc1cccc(F)c1. The van der Waals surface area contributed by atoms with Crippen LogP contribution in [0.2, 0.25) is 0 Å². The minimum absolute atomic E-state index is 0.268. The molecule has 0 saturated carbocycles. The van der Waals surface area contributed by atoms with E-state index in [1.807, 2.05) is 11.0 Å². The first-order valence-electron chi connectivity index (χ1n) is 5.85. The van der Waals surface area contributed by atoms with Gasteiger partial charge in [0.25, 0.3) is 0 Å². The van der Waals surface area contributed by atoms with Crippen LogP contribution < -0.4 is 0 Å². The fraction of sp³-hybridized carbons (Fsp3) is 0.462. The Morgan fingerprint density at radius 2 is 2.44 bits per heavy atom. The topological polar surface area (TPSA) is 38.8 Å². The lowest BCUT2D eigenvalue weighted by Crippen LogP contribution is -2.49. The fourth-order valence-electron chi connectivity index (χ4n) is 2.05. The second-order valence-corrected chi connectivity index (χ2v) is 4.21. The van der Waals surface area contributed by atoms with Crippen molar-refractivity contribution in [1.82, 2.24) is 4.90 Å². The normalized spacial score (nSPS) is 20.7. The molecular weight excluding hydrogens is 237 g/mol. The maximum absolute atomic E-state index is 13.1. The van der Waals surface area contributed by atoms with Gasteiger partial charge in [0.2, 0.25) is 0 Å². The number of halogens is 1. The molecule has 2 rings (SSSR count). The van der Waals surface area contributed by atoms with E-state index in [2.05, 4.69) is 0 Å². The van der Waals surface area contributed by atoms with E-state index in [-0.39, 0.29) is 11.8 Å². The number of ether oxygens (including phenoxy) is 2. The first-order chi connectivity index (χ1) is 8.70. The zero-order valence-corrected chi connectivity index (χ0v) is 10.3. The third-order valence-electron chi connectivity index (χ3n) is 2.99. The van der Waals surface area contributed by atoms with E-state index in [4.69, 9.17) is 9.47 Å². The summed E-state index contributed by atoms with van der Waals surface area (Å²) in [5, 5.41) is 0. The zero-order chi connectivity index (χ0) is 13.0. The van der Waals surface area contributed by atoms with Crippen molar-refractivity contribution < 1.29 is 18.7 Å². The molecule has 1 unspecified atom stereocenters. The van der Waals surface area contributed by atoms with Crippen molar-refractivity contribution in [2.75, 3.05) is 26.9 Å². The monoisotopic (exact) mass is 253 g/mol. The Hall–Kier alpha value is -1.46. The number of rotatable bonds is 3. The van der Waals surface area contributed by atoms with E-state index < -0.39 is 6.04 Å². The lowest BCUT2D eigenvalue weighted by Gasteiger charge is -2.33. The highest BCUT2D eigenvalue weighted by Gasteiger charge is 2.30. The second kappa shape index (κ2) is 5.93. The summed E-state index contributed by atoms with van der Waals surface area (Å²) in [4.78, 5) is 13.6. The van der Waals surface area contributed by atoms with Crippen LogP contribution >= 0.6 is 0 Å².